The van der Waals surface area contributed by atoms with Gasteiger partial charge < -0.3 is 15.5 Å². The molecule has 3 nitrogen and oxygen atoms in total. The molecule has 0 aliphatic heterocycles. The zero-order chi connectivity index (χ0) is 15.9. The highest BCUT2D eigenvalue weighted by Gasteiger charge is 2.04. The SMILES string of the molecule is CN(C)Cc1ccccc1CNC(=S)Nc1cccc(Br)c1. The summed E-state index contributed by atoms with van der Waals surface area (Å²) >= 11 is 8.81. The molecule has 0 atom stereocenters. The van der Waals surface area contributed by atoms with Crippen LogP contribution in [0.3, 0.4) is 0 Å². The quantitative estimate of drug-likeness (QED) is 0.770. The third kappa shape index (κ3) is 5.40. The van der Waals surface area contributed by atoms with E-state index >= 15 is 0 Å². The zero-order valence-corrected chi connectivity index (χ0v) is 15.2. The number of benzene rings is 2. The van der Waals surface area contributed by atoms with E-state index in [1.54, 1.807) is 0 Å². The summed E-state index contributed by atoms with van der Waals surface area (Å²) < 4.78 is 1.02. The average Bonchev–Trinajstić information content (AvgIpc) is 2.46. The van der Waals surface area contributed by atoms with Crippen molar-refractivity contribution in [2.75, 3.05) is 19.4 Å². The second-order valence-corrected chi connectivity index (χ2v) is 6.65. The third-order valence-electron chi connectivity index (χ3n) is 3.13. The lowest BCUT2D eigenvalue weighted by Crippen LogP contribution is -2.28. The summed E-state index contributed by atoms with van der Waals surface area (Å²) in [7, 11) is 4.15. The summed E-state index contributed by atoms with van der Waals surface area (Å²) in [5, 5.41) is 7.08. The lowest BCUT2D eigenvalue weighted by atomic mass is 10.1. The number of halogens is 1. The molecular formula is C17H20BrN3S. The summed E-state index contributed by atoms with van der Waals surface area (Å²) in [5.41, 5.74) is 3.54. The molecule has 0 saturated heterocycles. The molecular weight excluding hydrogens is 358 g/mol. The molecule has 116 valence electrons. The highest BCUT2D eigenvalue weighted by molar-refractivity contribution is 9.10. The number of nitrogens with one attached hydrogen (secondary N) is 2. The van der Waals surface area contributed by atoms with Crippen LogP contribution in [0, 0.1) is 0 Å². The minimum atomic E-state index is 0.623. The first-order chi connectivity index (χ1) is 10.5. The van der Waals surface area contributed by atoms with Gasteiger partial charge in [0, 0.05) is 23.2 Å². The second kappa shape index (κ2) is 8.27. The maximum atomic E-state index is 5.36. The smallest absolute Gasteiger partial charge is 0.171 e. The van der Waals surface area contributed by atoms with Gasteiger partial charge in [0.05, 0.1) is 0 Å². The van der Waals surface area contributed by atoms with Gasteiger partial charge in [-0.15, -0.1) is 0 Å². The molecule has 0 fully saturated rings. The van der Waals surface area contributed by atoms with Gasteiger partial charge in [0.15, 0.2) is 5.11 Å². The number of nitrogens with zero attached hydrogens (tertiary/aromatic N) is 1. The first-order valence-corrected chi connectivity index (χ1v) is 8.26. The highest BCUT2D eigenvalue weighted by Crippen LogP contribution is 2.15. The molecule has 0 aromatic heterocycles. The minimum Gasteiger partial charge on any atom is -0.358 e. The molecule has 22 heavy (non-hydrogen) atoms. The Morgan fingerprint density at radius 2 is 1.82 bits per heavy atom. The molecule has 2 aromatic rings. The molecule has 0 saturated carbocycles. The Balaban J connectivity index is 1.94. The Morgan fingerprint density at radius 1 is 1.09 bits per heavy atom. The van der Waals surface area contributed by atoms with Crippen LogP contribution in [0.15, 0.2) is 53.0 Å². The fraction of sp³-hybridized carbons (Fsp3) is 0.235. The molecule has 0 amide bonds. The van der Waals surface area contributed by atoms with Gasteiger partial charge in [0.25, 0.3) is 0 Å². The van der Waals surface area contributed by atoms with E-state index in [0.717, 1.165) is 16.7 Å². The molecule has 0 heterocycles. The number of hydrogen-bond acceptors (Lipinski definition) is 2. The number of thiocarbonyl (C=S) groups is 1. The molecule has 2 aromatic carbocycles. The van der Waals surface area contributed by atoms with Gasteiger partial charge in [-0.1, -0.05) is 46.3 Å². The maximum absolute atomic E-state index is 5.36. The Kier molecular flexibility index (Phi) is 6.36. The highest BCUT2D eigenvalue weighted by atomic mass is 79.9. The summed E-state index contributed by atoms with van der Waals surface area (Å²) in [6.45, 7) is 1.63. The molecule has 0 aliphatic rings. The van der Waals surface area contributed by atoms with E-state index < -0.39 is 0 Å². The third-order valence-corrected chi connectivity index (χ3v) is 3.87. The van der Waals surface area contributed by atoms with Crippen LogP contribution in [0.4, 0.5) is 5.69 Å². The van der Waals surface area contributed by atoms with Crippen molar-refractivity contribution >= 4 is 38.9 Å². The predicted octanol–water partition coefficient (Wildman–Crippen LogP) is 4.00. The molecule has 0 aliphatic carbocycles. The summed E-state index contributed by atoms with van der Waals surface area (Å²) in [6.07, 6.45) is 0. The largest absolute Gasteiger partial charge is 0.358 e. The van der Waals surface area contributed by atoms with Gasteiger partial charge in [-0.25, -0.2) is 0 Å². The molecule has 5 heteroatoms. The van der Waals surface area contributed by atoms with E-state index in [1.807, 2.05) is 24.3 Å². The number of hydrogen-bond donors (Lipinski definition) is 2. The monoisotopic (exact) mass is 377 g/mol. The molecule has 2 N–H and O–H groups in total. The maximum Gasteiger partial charge on any atom is 0.171 e. The van der Waals surface area contributed by atoms with E-state index in [9.17, 15) is 0 Å². The van der Waals surface area contributed by atoms with Gasteiger partial charge in [0.2, 0.25) is 0 Å². The van der Waals surface area contributed by atoms with Gasteiger partial charge in [-0.05, 0) is 55.6 Å². The van der Waals surface area contributed by atoms with Crippen molar-refractivity contribution in [3.63, 3.8) is 0 Å². The van der Waals surface area contributed by atoms with Crippen molar-refractivity contribution in [1.82, 2.24) is 10.2 Å². The summed E-state index contributed by atoms with van der Waals surface area (Å²) in [6, 6.07) is 16.4. The van der Waals surface area contributed by atoms with Crippen molar-refractivity contribution in [2.45, 2.75) is 13.1 Å². The molecule has 0 radical (unpaired) electrons. The van der Waals surface area contributed by atoms with Crippen LogP contribution in [0.25, 0.3) is 0 Å². The van der Waals surface area contributed by atoms with E-state index in [-0.39, 0.29) is 0 Å². The minimum absolute atomic E-state index is 0.623. The fourth-order valence-electron chi connectivity index (χ4n) is 2.14. The van der Waals surface area contributed by atoms with Crippen molar-refractivity contribution in [3.05, 3.63) is 64.1 Å². The first kappa shape index (κ1) is 16.9. The lowest BCUT2D eigenvalue weighted by Gasteiger charge is -2.16. The van der Waals surface area contributed by atoms with Crippen LogP contribution < -0.4 is 10.6 Å². The van der Waals surface area contributed by atoms with E-state index in [0.29, 0.717) is 11.7 Å². The van der Waals surface area contributed by atoms with Gasteiger partial charge in [-0.3, -0.25) is 0 Å². The van der Waals surface area contributed by atoms with Crippen LogP contribution in [-0.2, 0) is 13.1 Å². The van der Waals surface area contributed by atoms with Gasteiger partial charge in [-0.2, -0.15) is 0 Å². The summed E-state index contributed by atoms with van der Waals surface area (Å²) in [5.74, 6) is 0. The number of anilines is 1. The van der Waals surface area contributed by atoms with Crippen molar-refractivity contribution in [1.29, 1.82) is 0 Å². The Morgan fingerprint density at radius 3 is 2.50 bits per heavy atom. The summed E-state index contributed by atoms with van der Waals surface area (Å²) in [4.78, 5) is 2.16. The Labute approximate surface area is 145 Å². The van der Waals surface area contributed by atoms with E-state index in [1.165, 1.54) is 11.1 Å². The van der Waals surface area contributed by atoms with Crippen LogP contribution >= 0.6 is 28.1 Å². The Bertz CT molecular complexity index is 643. The standard InChI is InChI=1S/C17H20BrN3S/c1-21(2)12-14-7-4-3-6-13(14)11-19-17(22)20-16-9-5-8-15(18)10-16/h3-10H,11-12H2,1-2H3,(H2,19,20,22). The van der Waals surface area contributed by atoms with Crippen LogP contribution in [-0.4, -0.2) is 24.1 Å². The second-order valence-electron chi connectivity index (χ2n) is 5.32. The molecule has 0 bridgehead atoms. The average molecular weight is 378 g/mol. The molecule has 2 rings (SSSR count). The molecule has 0 spiro atoms. The van der Waals surface area contributed by atoms with Crippen LogP contribution in [0.5, 0.6) is 0 Å². The van der Waals surface area contributed by atoms with Crippen molar-refractivity contribution in [3.8, 4) is 0 Å². The van der Waals surface area contributed by atoms with Crippen LogP contribution in [0.1, 0.15) is 11.1 Å². The fourth-order valence-corrected chi connectivity index (χ4v) is 2.73. The topological polar surface area (TPSA) is 27.3 Å². The van der Waals surface area contributed by atoms with E-state index in [2.05, 4.69) is 69.8 Å². The van der Waals surface area contributed by atoms with Crippen molar-refractivity contribution < 1.29 is 0 Å². The van der Waals surface area contributed by atoms with E-state index in [4.69, 9.17) is 12.2 Å². The first-order valence-electron chi connectivity index (χ1n) is 7.06. The number of rotatable bonds is 5. The van der Waals surface area contributed by atoms with Gasteiger partial charge in [0.1, 0.15) is 0 Å². The van der Waals surface area contributed by atoms with Gasteiger partial charge >= 0.3 is 0 Å². The predicted molar refractivity (Wildman–Crippen MR) is 101 cm³/mol. The zero-order valence-electron chi connectivity index (χ0n) is 12.8. The normalized spacial score (nSPS) is 10.5. The molecule has 0 unspecified atom stereocenters. The Hall–Kier alpha value is -1.43. The van der Waals surface area contributed by atoms with Crippen molar-refractivity contribution in [2.24, 2.45) is 0 Å². The van der Waals surface area contributed by atoms with Crippen LogP contribution in [0.2, 0.25) is 0 Å². The lowest BCUT2D eigenvalue weighted by molar-refractivity contribution is 0.401.